The third-order valence-electron chi connectivity index (χ3n) is 4.03. The number of anilines is 2. The number of para-hydroxylation sites is 1. The maximum Gasteiger partial charge on any atom is 0.226 e. The van der Waals surface area contributed by atoms with Crippen LogP contribution in [-0.2, 0) is 17.6 Å². The molecule has 2 rings (SSSR count). The summed E-state index contributed by atoms with van der Waals surface area (Å²) in [5, 5.41) is 6.34. The van der Waals surface area contributed by atoms with Crippen molar-refractivity contribution in [1.82, 2.24) is 0 Å². The van der Waals surface area contributed by atoms with E-state index in [1.54, 1.807) is 7.11 Å². The molecule has 0 bridgehead atoms. The Balaban J connectivity index is 1.89. The van der Waals surface area contributed by atoms with E-state index >= 15 is 0 Å². The Bertz CT molecular complexity index is 644. The maximum absolute atomic E-state index is 12.3. The normalized spacial score (nSPS) is 10.3. The quantitative estimate of drug-likeness (QED) is 0.762. The summed E-state index contributed by atoms with van der Waals surface area (Å²) in [5.41, 5.74) is 4.33. The zero-order chi connectivity index (χ0) is 17.4. The molecule has 0 aromatic heterocycles. The summed E-state index contributed by atoms with van der Waals surface area (Å²) in [4.78, 5) is 12.3. The van der Waals surface area contributed by atoms with Crippen molar-refractivity contribution in [3.8, 4) is 5.75 Å². The minimum Gasteiger partial charge on any atom is -0.497 e. The zero-order valence-electron chi connectivity index (χ0n) is 14.7. The van der Waals surface area contributed by atoms with Gasteiger partial charge in [0, 0.05) is 24.3 Å². The Hall–Kier alpha value is -2.49. The highest BCUT2D eigenvalue weighted by Gasteiger charge is 2.09. The average Bonchev–Trinajstić information content (AvgIpc) is 2.62. The van der Waals surface area contributed by atoms with Crippen molar-refractivity contribution in [3.05, 3.63) is 53.6 Å². The van der Waals surface area contributed by atoms with Crippen molar-refractivity contribution in [2.24, 2.45) is 0 Å². The van der Waals surface area contributed by atoms with Gasteiger partial charge in [0.1, 0.15) is 5.75 Å². The van der Waals surface area contributed by atoms with E-state index in [-0.39, 0.29) is 5.91 Å². The van der Waals surface area contributed by atoms with Crippen LogP contribution in [0.4, 0.5) is 11.4 Å². The largest absolute Gasteiger partial charge is 0.497 e. The molecule has 2 aromatic carbocycles. The van der Waals surface area contributed by atoms with Crippen LogP contribution in [0.1, 0.15) is 31.4 Å². The number of amides is 1. The van der Waals surface area contributed by atoms with E-state index in [2.05, 4.69) is 42.7 Å². The van der Waals surface area contributed by atoms with Crippen molar-refractivity contribution < 1.29 is 9.53 Å². The van der Waals surface area contributed by atoms with E-state index in [0.29, 0.717) is 13.0 Å². The summed E-state index contributed by atoms with van der Waals surface area (Å²) in [7, 11) is 1.64. The van der Waals surface area contributed by atoms with Gasteiger partial charge in [-0.3, -0.25) is 4.79 Å². The molecule has 0 fully saturated rings. The Morgan fingerprint density at radius 1 is 1.00 bits per heavy atom. The number of benzene rings is 2. The molecule has 0 aliphatic carbocycles. The van der Waals surface area contributed by atoms with Crippen LogP contribution in [0.3, 0.4) is 0 Å². The van der Waals surface area contributed by atoms with Crippen LogP contribution in [-0.4, -0.2) is 19.6 Å². The number of ether oxygens (including phenoxy) is 1. The minimum absolute atomic E-state index is 0.0339. The molecule has 128 valence electrons. The van der Waals surface area contributed by atoms with E-state index in [1.807, 2.05) is 24.3 Å². The van der Waals surface area contributed by atoms with Gasteiger partial charge in [0.05, 0.1) is 7.11 Å². The molecule has 1 amide bonds. The number of carbonyl (C=O) groups excluding carboxylic acids is 1. The van der Waals surface area contributed by atoms with Gasteiger partial charge in [-0.1, -0.05) is 32.0 Å². The summed E-state index contributed by atoms with van der Waals surface area (Å²) in [5.74, 6) is 0.855. The smallest absolute Gasteiger partial charge is 0.226 e. The number of nitrogens with one attached hydrogen (secondary N) is 2. The summed E-state index contributed by atoms with van der Waals surface area (Å²) in [6.45, 7) is 4.80. The lowest BCUT2D eigenvalue weighted by molar-refractivity contribution is -0.115. The monoisotopic (exact) mass is 326 g/mol. The van der Waals surface area contributed by atoms with Crippen LogP contribution in [0, 0.1) is 0 Å². The van der Waals surface area contributed by atoms with Crippen LogP contribution in [0.2, 0.25) is 0 Å². The maximum atomic E-state index is 12.3. The molecule has 0 atom stereocenters. The van der Waals surface area contributed by atoms with Gasteiger partial charge < -0.3 is 15.4 Å². The van der Waals surface area contributed by atoms with E-state index in [1.165, 1.54) is 11.1 Å². The highest BCUT2D eigenvalue weighted by Crippen LogP contribution is 2.22. The first-order chi connectivity index (χ1) is 11.7. The van der Waals surface area contributed by atoms with Gasteiger partial charge in [-0.15, -0.1) is 0 Å². The fraction of sp³-hybridized carbons (Fsp3) is 0.350. The van der Waals surface area contributed by atoms with Crippen molar-refractivity contribution in [2.45, 2.75) is 33.1 Å². The molecule has 0 saturated heterocycles. The van der Waals surface area contributed by atoms with Gasteiger partial charge in [0.2, 0.25) is 5.91 Å². The fourth-order valence-corrected chi connectivity index (χ4v) is 2.63. The van der Waals surface area contributed by atoms with Gasteiger partial charge in [-0.25, -0.2) is 0 Å². The molecule has 0 unspecified atom stereocenters. The Kier molecular flexibility index (Phi) is 6.67. The molecule has 0 saturated carbocycles. The lowest BCUT2D eigenvalue weighted by Crippen LogP contribution is -2.18. The van der Waals surface area contributed by atoms with Crippen molar-refractivity contribution >= 4 is 17.3 Å². The predicted molar refractivity (Wildman–Crippen MR) is 99.9 cm³/mol. The molecule has 0 radical (unpaired) electrons. The third-order valence-corrected chi connectivity index (χ3v) is 4.03. The Morgan fingerprint density at radius 2 is 1.62 bits per heavy atom. The SMILES string of the molecule is CCc1cccc(CC)c1NC(=O)CCNc1ccc(OC)cc1. The molecule has 4 nitrogen and oxygen atoms in total. The average molecular weight is 326 g/mol. The van der Waals surface area contributed by atoms with E-state index < -0.39 is 0 Å². The second-order valence-electron chi connectivity index (χ2n) is 5.61. The molecule has 2 N–H and O–H groups in total. The number of methoxy groups -OCH3 is 1. The van der Waals surface area contributed by atoms with E-state index in [9.17, 15) is 4.79 Å². The Labute approximate surface area is 144 Å². The molecular weight excluding hydrogens is 300 g/mol. The second-order valence-corrected chi connectivity index (χ2v) is 5.61. The number of rotatable bonds is 8. The van der Waals surface area contributed by atoms with E-state index in [0.717, 1.165) is 30.0 Å². The first-order valence-corrected chi connectivity index (χ1v) is 8.46. The van der Waals surface area contributed by atoms with Crippen LogP contribution in [0.25, 0.3) is 0 Å². The molecule has 0 heterocycles. The van der Waals surface area contributed by atoms with Crippen LogP contribution >= 0.6 is 0 Å². The second kappa shape index (κ2) is 8.96. The summed E-state index contributed by atoms with van der Waals surface area (Å²) < 4.78 is 5.13. The molecule has 2 aromatic rings. The molecule has 24 heavy (non-hydrogen) atoms. The highest BCUT2D eigenvalue weighted by molar-refractivity contribution is 5.92. The minimum atomic E-state index is 0.0339. The van der Waals surface area contributed by atoms with Crippen molar-refractivity contribution in [1.29, 1.82) is 0 Å². The predicted octanol–water partition coefficient (Wildman–Crippen LogP) is 4.26. The number of carbonyl (C=O) groups is 1. The van der Waals surface area contributed by atoms with Gasteiger partial charge in [0.15, 0.2) is 0 Å². The highest BCUT2D eigenvalue weighted by atomic mass is 16.5. The van der Waals surface area contributed by atoms with Gasteiger partial charge in [-0.2, -0.15) is 0 Å². The van der Waals surface area contributed by atoms with Crippen molar-refractivity contribution in [2.75, 3.05) is 24.3 Å². The third kappa shape index (κ3) is 4.75. The molecule has 0 aliphatic heterocycles. The fourth-order valence-electron chi connectivity index (χ4n) is 2.63. The zero-order valence-corrected chi connectivity index (χ0v) is 14.7. The first-order valence-electron chi connectivity index (χ1n) is 8.46. The number of hydrogen-bond donors (Lipinski definition) is 2. The summed E-state index contributed by atoms with van der Waals surface area (Å²) >= 11 is 0. The molecule has 4 heteroatoms. The standard InChI is InChI=1S/C20H26N2O2/c1-4-15-7-6-8-16(5-2)20(15)22-19(23)13-14-21-17-9-11-18(24-3)12-10-17/h6-12,21H,4-5,13-14H2,1-3H3,(H,22,23). The van der Waals surface area contributed by atoms with E-state index in [4.69, 9.17) is 4.74 Å². The molecular formula is C20H26N2O2. The van der Waals surface area contributed by atoms with Crippen molar-refractivity contribution in [3.63, 3.8) is 0 Å². The first kappa shape index (κ1) is 17.9. The molecule has 0 aliphatic rings. The Morgan fingerprint density at radius 3 is 2.17 bits per heavy atom. The lowest BCUT2D eigenvalue weighted by Gasteiger charge is -2.14. The van der Waals surface area contributed by atoms with Crippen LogP contribution in [0.15, 0.2) is 42.5 Å². The van der Waals surface area contributed by atoms with Gasteiger partial charge in [-0.05, 0) is 48.2 Å². The van der Waals surface area contributed by atoms with Gasteiger partial charge in [0.25, 0.3) is 0 Å². The van der Waals surface area contributed by atoms with Crippen LogP contribution < -0.4 is 15.4 Å². The van der Waals surface area contributed by atoms with Crippen LogP contribution in [0.5, 0.6) is 5.75 Å². The lowest BCUT2D eigenvalue weighted by atomic mass is 10.0. The molecule has 0 spiro atoms. The summed E-state index contributed by atoms with van der Waals surface area (Å²) in [6, 6.07) is 13.9. The summed E-state index contributed by atoms with van der Waals surface area (Å²) in [6.07, 6.45) is 2.24. The number of hydrogen-bond acceptors (Lipinski definition) is 3. The topological polar surface area (TPSA) is 50.4 Å². The van der Waals surface area contributed by atoms with Gasteiger partial charge >= 0.3 is 0 Å². The number of aryl methyl sites for hydroxylation is 2.